The van der Waals surface area contributed by atoms with E-state index >= 15 is 0 Å². The molecule has 1 heterocycles. The van der Waals surface area contributed by atoms with Crippen molar-refractivity contribution in [3.63, 3.8) is 0 Å². The number of aryl methyl sites for hydroxylation is 1. The zero-order valence-corrected chi connectivity index (χ0v) is 9.85. The first-order chi connectivity index (χ1) is 7.96. The van der Waals surface area contributed by atoms with Crippen LogP contribution < -0.4 is 4.74 Å². The summed E-state index contributed by atoms with van der Waals surface area (Å²) in [6, 6.07) is 6.29. The van der Waals surface area contributed by atoms with Crippen molar-refractivity contribution in [1.82, 2.24) is 4.98 Å². The Balaban J connectivity index is 0.000000686. The van der Waals surface area contributed by atoms with Crippen LogP contribution in [0.25, 0.3) is 10.9 Å². The molecule has 0 spiro atoms. The summed E-state index contributed by atoms with van der Waals surface area (Å²) in [5.74, 6) is -0.201. The highest BCUT2D eigenvalue weighted by molar-refractivity contribution is 5.86. The Morgan fingerprint density at radius 1 is 1.18 bits per heavy atom. The van der Waals surface area contributed by atoms with Gasteiger partial charge in [-0.05, 0) is 19.1 Å². The van der Waals surface area contributed by atoms with E-state index in [2.05, 4.69) is 9.72 Å². The molecule has 0 aliphatic carbocycles. The van der Waals surface area contributed by atoms with Crippen molar-refractivity contribution in [1.29, 1.82) is 0 Å². The Kier molecular flexibility index (Phi) is 4.04. The average Bonchev–Trinajstić information content (AvgIpc) is 2.60. The molecule has 0 aliphatic rings. The van der Waals surface area contributed by atoms with Crippen LogP contribution in [0.2, 0.25) is 0 Å². The standard InChI is InChI=1S/C10H8F3NO.C2H6/c1-6-5-7-3-2-4-8(9(7)14-6)15-10(11,12)13;1-2/h2-5,14H,1H3;1-2H3. The minimum atomic E-state index is -4.66. The summed E-state index contributed by atoms with van der Waals surface area (Å²) in [7, 11) is 0. The molecule has 0 saturated carbocycles. The van der Waals surface area contributed by atoms with Crippen LogP contribution in [0.15, 0.2) is 24.3 Å². The van der Waals surface area contributed by atoms with Crippen molar-refractivity contribution in [2.24, 2.45) is 0 Å². The quantitative estimate of drug-likeness (QED) is 0.791. The van der Waals surface area contributed by atoms with Gasteiger partial charge in [-0.25, -0.2) is 0 Å². The van der Waals surface area contributed by atoms with E-state index in [1.807, 2.05) is 13.8 Å². The van der Waals surface area contributed by atoms with Gasteiger partial charge in [0.15, 0.2) is 5.75 Å². The smallest absolute Gasteiger partial charge is 0.404 e. The molecule has 1 aromatic heterocycles. The second kappa shape index (κ2) is 5.12. The number of aromatic nitrogens is 1. The van der Waals surface area contributed by atoms with Gasteiger partial charge < -0.3 is 9.72 Å². The van der Waals surface area contributed by atoms with E-state index in [9.17, 15) is 13.2 Å². The Hall–Kier alpha value is -1.65. The molecule has 94 valence electrons. The van der Waals surface area contributed by atoms with Crippen LogP contribution in [0, 0.1) is 6.92 Å². The number of nitrogens with one attached hydrogen (secondary N) is 1. The van der Waals surface area contributed by atoms with Crippen LogP contribution in [-0.2, 0) is 0 Å². The Morgan fingerprint density at radius 2 is 1.82 bits per heavy atom. The van der Waals surface area contributed by atoms with Gasteiger partial charge in [-0.2, -0.15) is 0 Å². The van der Waals surface area contributed by atoms with Crippen LogP contribution in [0.4, 0.5) is 13.2 Å². The van der Waals surface area contributed by atoms with Crippen LogP contribution in [0.5, 0.6) is 5.75 Å². The molecule has 0 unspecified atom stereocenters. The number of rotatable bonds is 1. The molecule has 2 aromatic rings. The molecule has 0 amide bonds. The summed E-state index contributed by atoms with van der Waals surface area (Å²) < 4.78 is 40.0. The molecule has 17 heavy (non-hydrogen) atoms. The SMILES string of the molecule is CC.Cc1cc2cccc(OC(F)(F)F)c2[nH]1. The number of para-hydroxylation sites is 1. The molecule has 2 nitrogen and oxygen atoms in total. The lowest BCUT2D eigenvalue weighted by Gasteiger charge is -2.09. The number of H-pyrrole nitrogens is 1. The van der Waals surface area contributed by atoms with Gasteiger partial charge in [-0.15, -0.1) is 13.2 Å². The monoisotopic (exact) mass is 245 g/mol. The van der Waals surface area contributed by atoms with Crippen LogP contribution >= 0.6 is 0 Å². The molecule has 0 radical (unpaired) electrons. The van der Waals surface area contributed by atoms with Gasteiger partial charge in [0.2, 0.25) is 0 Å². The lowest BCUT2D eigenvalue weighted by atomic mass is 10.2. The lowest BCUT2D eigenvalue weighted by molar-refractivity contribution is -0.274. The molecule has 2 rings (SSSR count). The summed E-state index contributed by atoms with van der Waals surface area (Å²) in [5, 5.41) is 0.703. The van der Waals surface area contributed by atoms with Crippen molar-refractivity contribution in [2.45, 2.75) is 27.1 Å². The second-order valence-electron chi connectivity index (χ2n) is 3.22. The molecule has 0 fully saturated rings. The first-order valence-corrected chi connectivity index (χ1v) is 5.30. The van der Waals surface area contributed by atoms with E-state index in [0.717, 1.165) is 5.69 Å². The van der Waals surface area contributed by atoms with Gasteiger partial charge in [-0.1, -0.05) is 26.0 Å². The van der Waals surface area contributed by atoms with Crippen LogP contribution in [0.1, 0.15) is 19.5 Å². The van der Waals surface area contributed by atoms with Crippen molar-refractivity contribution in [3.05, 3.63) is 30.0 Å². The molecule has 5 heteroatoms. The Bertz CT molecular complexity index is 488. The highest BCUT2D eigenvalue weighted by atomic mass is 19.4. The normalized spacial score (nSPS) is 10.9. The minimum absolute atomic E-state index is 0.201. The fourth-order valence-corrected chi connectivity index (χ4v) is 1.48. The fraction of sp³-hybridized carbons (Fsp3) is 0.333. The number of hydrogen-bond acceptors (Lipinski definition) is 1. The van der Waals surface area contributed by atoms with Crippen molar-refractivity contribution in [3.8, 4) is 5.75 Å². The summed E-state index contributed by atoms with van der Waals surface area (Å²) >= 11 is 0. The van der Waals surface area contributed by atoms with Crippen molar-refractivity contribution < 1.29 is 17.9 Å². The fourth-order valence-electron chi connectivity index (χ4n) is 1.48. The number of alkyl halides is 3. The number of aromatic amines is 1. The topological polar surface area (TPSA) is 25.0 Å². The van der Waals surface area contributed by atoms with Gasteiger partial charge in [0.1, 0.15) is 0 Å². The third kappa shape index (κ3) is 3.41. The van der Waals surface area contributed by atoms with Gasteiger partial charge in [-0.3, -0.25) is 0 Å². The number of hydrogen-bond donors (Lipinski definition) is 1. The predicted octanol–water partition coefficient (Wildman–Crippen LogP) is 4.40. The number of ether oxygens (including phenoxy) is 1. The molecular weight excluding hydrogens is 231 g/mol. The average molecular weight is 245 g/mol. The summed E-state index contributed by atoms with van der Waals surface area (Å²) in [6.45, 7) is 5.78. The van der Waals surface area contributed by atoms with Crippen LogP contribution in [0.3, 0.4) is 0 Å². The molecule has 0 aliphatic heterocycles. The van der Waals surface area contributed by atoms with Crippen molar-refractivity contribution in [2.75, 3.05) is 0 Å². The summed E-state index contributed by atoms with van der Waals surface area (Å²) in [4.78, 5) is 2.82. The summed E-state index contributed by atoms with van der Waals surface area (Å²) in [6.07, 6.45) is -4.66. The maximum atomic E-state index is 12.0. The number of halogens is 3. The van der Waals surface area contributed by atoms with Gasteiger partial charge in [0.25, 0.3) is 0 Å². The minimum Gasteiger partial charge on any atom is -0.404 e. The van der Waals surface area contributed by atoms with Gasteiger partial charge in [0, 0.05) is 11.1 Å². The largest absolute Gasteiger partial charge is 0.573 e. The number of fused-ring (bicyclic) bond motifs is 1. The summed E-state index contributed by atoms with van der Waals surface area (Å²) in [5.41, 5.74) is 1.16. The highest BCUT2D eigenvalue weighted by Crippen LogP contribution is 2.30. The maximum Gasteiger partial charge on any atom is 0.573 e. The van der Waals surface area contributed by atoms with E-state index in [1.54, 1.807) is 19.1 Å². The van der Waals surface area contributed by atoms with Gasteiger partial charge in [0.05, 0.1) is 5.52 Å². The molecular formula is C12H14F3NO. The molecule has 1 N–H and O–H groups in total. The zero-order chi connectivity index (χ0) is 13.1. The van der Waals surface area contributed by atoms with E-state index in [1.165, 1.54) is 12.1 Å². The third-order valence-corrected chi connectivity index (χ3v) is 1.98. The first kappa shape index (κ1) is 13.4. The predicted molar refractivity (Wildman–Crippen MR) is 61.1 cm³/mol. The molecule has 1 aromatic carbocycles. The van der Waals surface area contributed by atoms with Crippen molar-refractivity contribution >= 4 is 10.9 Å². The van der Waals surface area contributed by atoms with E-state index < -0.39 is 6.36 Å². The third-order valence-electron chi connectivity index (χ3n) is 1.98. The first-order valence-electron chi connectivity index (χ1n) is 5.30. The second-order valence-corrected chi connectivity index (χ2v) is 3.22. The van der Waals surface area contributed by atoms with E-state index in [0.29, 0.717) is 10.9 Å². The maximum absolute atomic E-state index is 12.0. The molecule has 0 atom stereocenters. The molecule has 0 bridgehead atoms. The zero-order valence-electron chi connectivity index (χ0n) is 9.85. The molecule has 0 saturated heterocycles. The Labute approximate surface area is 97.4 Å². The number of benzene rings is 1. The highest BCUT2D eigenvalue weighted by Gasteiger charge is 2.31. The van der Waals surface area contributed by atoms with E-state index in [4.69, 9.17) is 0 Å². The van der Waals surface area contributed by atoms with E-state index in [-0.39, 0.29) is 5.75 Å². The van der Waals surface area contributed by atoms with Crippen LogP contribution in [-0.4, -0.2) is 11.3 Å². The lowest BCUT2D eigenvalue weighted by Crippen LogP contribution is -2.17. The Morgan fingerprint density at radius 3 is 2.41 bits per heavy atom. The van der Waals surface area contributed by atoms with Gasteiger partial charge >= 0.3 is 6.36 Å².